The zero-order valence-electron chi connectivity index (χ0n) is 14.9. The average Bonchev–Trinajstić information content (AvgIpc) is 3.24. The fourth-order valence-electron chi connectivity index (χ4n) is 3.46. The summed E-state index contributed by atoms with van der Waals surface area (Å²) in [5.74, 6) is 0.0811. The highest BCUT2D eigenvalue weighted by Crippen LogP contribution is 2.25. The molecule has 0 atom stereocenters. The molecular formula is C20H20N4O2S. The minimum atomic E-state index is -0.0896. The van der Waals surface area contributed by atoms with E-state index in [9.17, 15) is 9.59 Å². The van der Waals surface area contributed by atoms with Crippen molar-refractivity contribution in [1.29, 1.82) is 0 Å². The van der Waals surface area contributed by atoms with Crippen molar-refractivity contribution in [3.63, 3.8) is 0 Å². The highest BCUT2D eigenvalue weighted by atomic mass is 32.1. The quantitative estimate of drug-likeness (QED) is 0.653. The number of amides is 1. The van der Waals surface area contributed by atoms with Crippen LogP contribution in [0.3, 0.4) is 0 Å². The van der Waals surface area contributed by atoms with Gasteiger partial charge in [0.05, 0.1) is 10.6 Å². The summed E-state index contributed by atoms with van der Waals surface area (Å²) < 4.78 is 1.63. The van der Waals surface area contributed by atoms with Gasteiger partial charge in [-0.15, -0.1) is 17.9 Å². The molecule has 7 heteroatoms. The largest absolute Gasteiger partial charge is 0.367 e. The number of nitrogens with zero attached hydrogens (tertiary/aromatic N) is 4. The normalized spacial score (nSPS) is 14.5. The van der Waals surface area contributed by atoms with Crippen LogP contribution in [0.25, 0.3) is 11.0 Å². The van der Waals surface area contributed by atoms with Crippen molar-refractivity contribution in [2.24, 2.45) is 0 Å². The van der Waals surface area contributed by atoms with Crippen LogP contribution in [0.1, 0.15) is 9.67 Å². The highest BCUT2D eigenvalue weighted by molar-refractivity contribution is 7.12. The Balaban J connectivity index is 1.61. The molecule has 0 radical (unpaired) electrons. The van der Waals surface area contributed by atoms with Gasteiger partial charge in [-0.25, -0.2) is 4.98 Å². The maximum Gasteiger partial charge on any atom is 0.264 e. The molecule has 1 amide bonds. The maximum atomic E-state index is 12.6. The smallest absolute Gasteiger partial charge is 0.264 e. The van der Waals surface area contributed by atoms with Crippen molar-refractivity contribution in [3.8, 4) is 0 Å². The van der Waals surface area contributed by atoms with E-state index in [2.05, 4.69) is 16.5 Å². The van der Waals surface area contributed by atoms with Crippen molar-refractivity contribution < 1.29 is 4.79 Å². The van der Waals surface area contributed by atoms with E-state index in [-0.39, 0.29) is 11.5 Å². The molecule has 0 saturated carbocycles. The Morgan fingerprint density at radius 2 is 2.04 bits per heavy atom. The Kier molecular flexibility index (Phi) is 4.77. The first kappa shape index (κ1) is 17.5. The lowest BCUT2D eigenvalue weighted by atomic mass is 10.2. The average molecular weight is 380 g/mol. The van der Waals surface area contributed by atoms with Crippen molar-refractivity contribution >= 4 is 34.0 Å². The molecular weight excluding hydrogens is 360 g/mol. The van der Waals surface area contributed by atoms with Crippen molar-refractivity contribution in [1.82, 2.24) is 14.5 Å². The summed E-state index contributed by atoms with van der Waals surface area (Å²) in [7, 11) is 0. The number of aromatic nitrogens is 2. The number of carbonyl (C=O) groups is 1. The first-order valence-electron chi connectivity index (χ1n) is 8.86. The summed E-state index contributed by atoms with van der Waals surface area (Å²) in [6.45, 7) is 6.79. The number of rotatable bonds is 4. The molecule has 0 spiro atoms. The van der Waals surface area contributed by atoms with Crippen molar-refractivity contribution in [2.75, 3.05) is 31.1 Å². The predicted octanol–water partition coefficient (Wildman–Crippen LogP) is 2.61. The standard InChI is InChI=1S/C20H20N4O2S/c1-2-8-24-18(25)14-16(15-5-3-7-21-19(15)24)22-9-11-23(12-10-22)20(26)17-6-4-13-27-17/h2-7,13-14H,1,8-12H2. The Bertz CT molecular complexity index is 1030. The van der Waals surface area contributed by atoms with E-state index in [1.807, 2.05) is 34.5 Å². The number of allylic oxidation sites excluding steroid dienone is 1. The molecule has 6 nitrogen and oxygen atoms in total. The van der Waals surface area contributed by atoms with Crippen LogP contribution in [-0.4, -0.2) is 46.5 Å². The van der Waals surface area contributed by atoms with Gasteiger partial charge in [0.15, 0.2) is 0 Å². The van der Waals surface area contributed by atoms with E-state index >= 15 is 0 Å². The van der Waals surface area contributed by atoms with Crippen LogP contribution in [0.5, 0.6) is 0 Å². The fraction of sp³-hybridized carbons (Fsp3) is 0.250. The Morgan fingerprint density at radius 3 is 2.74 bits per heavy atom. The van der Waals surface area contributed by atoms with Crippen LogP contribution in [0.15, 0.2) is 59.4 Å². The summed E-state index contributed by atoms with van der Waals surface area (Å²) in [5.41, 5.74) is 1.46. The molecule has 1 aliphatic heterocycles. The summed E-state index contributed by atoms with van der Waals surface area (Å²) in [6.07, 6.45) is 3.40. The molecule has 27 heavy (non-hydrogen) atoms. The molecule has 0 bridgehead atoms. The predicted molar refractivity (Wildman–Crippen MR) is 109 cm³/mol. The SMILES string of the molecule is C=CCn1c(=O)cc(N2CCN(C(=O)c3cccs3)CC2)c2cccnc21. The summed E-state index contributed by atoms with van der Waals surface area (Å²) >= 11 is 1.47. The van der Waals surface area contributed by atoms with E-state index in [1.54, 1.807) is 22.9 Å². The molecule has 3 aromatic rings. The van der Waals surface area contributed by atoms with Crippen LogP contribution in [-0.2, 0) is 6.54 Å². The zero-order valence-corrected chi connectivity index (χ0v) is 15.7. The molecule has 0 unspecified atom stereocenters. The van der Waals surface area contributed by atoms with Gasteiger partial charge in [-0.05, 0) is 23.6 Å². The minimum absolute atomic E-state index is 0.0811. The Hall–Kier alpha value is -2.93. The summed E-state index contributed by atoms with van der Waals surface area (Å²) in [5, 5.41) is 2.86. The molecule has 1 fully saturated rings. The van der Waals surface area contributed by atoms with Gasteiger partial charge in [0.1, 0.15) is 5.65 Å². The monoisotopic (exact) mass is 380 g/mol. The van der Waals surface area contributed by atoms with Crippen molar-refractivity contribution in [3.05, 3.63) is 69.8 Å². The van der Waals surface area contributed by atoms with Gasteiger partial charge in [-0.3, -0.25) is 14.2 Å². The molecule has 4 heterocycles. The minimum Gasteiger partial charge on any atom is -0.367 e. The van der Waals surface area contributed by atoms with Gasteiger partial charge < -0.3 is 9.80 Å². The second-order valence-electron chi connectivity index (χ2n) is 6.40. The van der Waals surface area contributed by atoms with E-state index in [0.29, 0.717) is 38.4 Å². The Labute approximate surface area is 161 Å². The number of piperazine rings is 1. The first-order chi connectivity index (χ1) is 13.2. The fourth-order valence-corrected chi connectivity index (χ4v) is 4.15. The van der Waals surface area contributed by atoms with Gasteiger partial charge in [0.2, 0.25) is 0 Å². The number of pyridine rings is 2. The van der Waals surface area contributed by atoms with Crippen LogP contribution in [0.2, 0.25) is 0 Å². The lowest BCUT2D eigenvalue weighted by Gasteiger charge is -2.36. The molecule has 3 aromatic heterocycles. The van der Waals surface area contributed by atoms with Gasteiger partial charge in [-0.1, -0.05) is 12.1 Å². The number of hydrogen-bond acceptors (Lipinski definition) is 5. The molecule has 0 N–H and O–H groups in total. The van der Waals surface area contributed by atoms with Crippen LogP contribution >= 0.6 is 11.3 Å². The zero-order chi connectivity index (χ0) is 18.8. The van der Waals surface area contributed by atoms with E-state index in [1.165, 1.54) is 11.3 Å². The molecule has 1 saturated heterocycles. The maximum absolute atomic E-state index is 12.6. The second-order valence-corrected chi connectivity index (χ2v) is 7.35. The lowest BCUT2D eigenvalue weighted by Crippen LogP contribution is -2.49. The van der Waals surface area contributed by atoms with Crippen LogP contribution in [0, 0.1) is 0 Å². The third-order valence-electron chi connectivity index (χ3n) is 4.80. The van der Waals surface area contributed by atoms with Gasteiger partial charge in [0.25, 0.3) is 11.5 Å². The molecule has 0 aromatic carbocycles. The molecule has 138 valence electrons. The van der Waals surface area contributed by atoms with Crippen molar-refractivity contribution in [2.45, 2.75) is 6.54 Å². The highest BCUT2D eigenvalue weighted by Gasteiger charge is 2.24. The van der Waals surface area contributed by atoms with E-state index in [0.717, 1.165) is 16.0 Å². The van der Waals surface area contributed by atoms with E-state index in [4.69, 9.17) is 0 Å². The summed E-state index contributed by atoms with van der Waals surface area (Å²) in [6, 6.07) is 9.29. The van der Waals surface area contributed by atoms with Gasteiger partial charge >= 0.3 is 0 Å². The molecule has 1 aliphatic rings. The van der Waals surface area contributed by atoms with Crippen LogP contribution < -0.4 is 10.5 Å². The number of anilines is 1. The van der Waals surface area contributed by atoms with Gasteiger partial charge in [0, 0.05) is 50.4 Å². The van der Waals surface area contributed by atoms with E-state index < -0.39 is 0 Å². The third-order valence-corrected chi connectivity index (χ3v) is 5.65. The lowest BCUT2D eigenvalue weighted by molar-refractivity contribution is 0.0752. The molecule has 4 rings (SSSR count). The number of fused-ring (bicyclic) bond motifs is 1. The number of carbonyl (C=O) groups excluding carboxylic acids is 1. The number of thiophene rings is 1. The number of hydrogen-bond donors (Lipinski definition) is 0. The second kappa shape index (κ2) is 7.36. The Morgan fingerprint density at radius 1 is 1.22 bits per heavy atom. The van der Waals surface area contributed by atoms with Gasteiger partial charge in [-0.2, -0.15) is 0 Å². The topological polar surface area (TPSA) is 58.4 Å². The summed E-state index contributed by atoms with van der Waals surface area (Å²) in [4.78, 5) is 34.4. The third kappa shape index (κ3) is 3.26. The van der Waals surface area contributed by atoms with Crippen LogP contribution in [0.4, 0.5) is 5.69 Å². The molecule has 0 aliphatic carbocycles. The first-order valence-corrected chi connectivity index (χ1v) is 9.74.